The van der Waals surface area contributed by atoms with Crippen molar-refractivity contribution in [2.24, 2.45) is 5.73 Å². The highest BCUT2D eigenvalue weighted by molar-refractivity contribution is 5.06. The molecule has 0 aliphatic heterocycles. The molecule has 1 aromatic rings. The number of unbranched alkanes of at least 4 members (excludes halogenated alkanes) is 2. The van der Waals surface area contributed by atoms with Gasteiger partial charge in [-0.1, -0.05) is 13.3 Å². The third-order valence-corrected chi connectivity index (χ3v) is 2.19. The summed E-state index contributed by atoms with van der Waals surface area (Å²) >= 11 is 0. The summed E-state index contributed by atoms with van der Waals surface area (Å²) < 4.78 is 5.58. The summed E-state index contributed by atoms with van der Waals surface area (Å²) in [6.07, 6.45) is 5.57. The third kappa shape index (κ3) is 3.64. The van der Waals surface area contributed by atoms with Gasteiger partial charge in [0.2, 0.25) is 0 Å². The van der Waals surface area contributed by atoms with Crippen LogP contribution in [0, 0.1) is 0 Å². The molecular weight excluding hydrogens is 162 g/mol. The second kappa shape index (κ2) is 5.81. The fraction of sp³-hybridized carbons (Fsp3) is 0.636. The molecule has 0 bridgehead atoms. The van der Waals surface area contributed by atoms with Crippen LogP contribution in [0.4, 0.5) is 0 Å². The van der Waals surface area contributed by atoms with E-state index in [1.165, 1.54) is 12.8 Å². The topological polar surface area (TPSA) is 39.2 Å². The van der Waals surface area contributed by atoms with Crippen LogP contribution in [0.15, 0.2) is 16.5 Å². The lowest BCUT2D eigenvalue weighted by Crippen LogP contribution is -1.97. The van der Waals surface area contributed by atoms with E-state index in [1.54, 1.807) is 0 Å². The smallest absolute Gasteiger partial charge is 0.104 e. The summed E-state index contributed by atoms with van der Waals surface area (Å²) in [5, 5.41) is 0. The molecule has 0 spiro atoms. The minimum absolute atomic E-state index is 0.804. The predicted octanol–water partition coefficient (Wildman–Crippen LogP) is 2.51. The van der Waals surface area contributed by atoms with Crippen LogP contribution in [0.25, 0.3) is 0 Å². The van der Waals surface area contributed by atoms with Crippen LogP contribution in [0.2, 0.25) is 0 Å². The van der Waals surface area contributed by atoms with Crippen LogP contribution < -0.4 is 5.73 Å². The van der Waals surface area contributed by atoms with Crippen LogP contribution in [-0.4, -0.2) is 6.54 Å². The van der Waals surface area contributed by atoms with Gasteiger partial charge in [-0.15, -0.1) is 0 Å². The SMILES string of the molecule is CCc1ccc(CCCCCN)o1. The molecule has 0 unspecified atom stereocenters. The molecule has 1 rings (SSSR count). The van der Waals surface area contributed by atoms with E-state index < -0.39 is 0 Å². The van der Waals surface area contributed by atoms with Crippen molar-refractivity contribution in [2.45, 2.75) is 39.0 Å². The molecule has 1 heterocycles. The summed E-state index contributed by atoms with van der Waals surface area (Å²) in [7, 11) is 0. The Bertz CT molecular complexity index is 230. The first kappa shape index (κ1) is 10.3. The Kier molecular flexibility index (Phi) is 4.61. The summed E-state index contributed by atoms with van der Waals surface area (Å²) in [5.41, 5.74) is 5.41. The standard InChI is InChI=1S/C11H19NO/c1-2-10-7-8-11(13-10)6-4-3-5-9-12/h7-8H,2-6,9,12H2,1H3. The Morgan fingerprint density at radius 3 is 2.54 bits per heavy atom. The molecule has 0 aromatic carbocycles. The molecule has 13 heavy (non-hydrogen) atoms. The van der Waals surface area contributed by atoms with Crippen LogP contribution in [-0.2, 0) is 12.8 Å². The monoisotopic (exact) mass is 181 g/mol. The van der Waals surface area contributed by atoms with Gasteiger partial charge in [-0.05, 0) is 31.5 Å². The molecule has 0 atom stereocenters. The highest BCUT2D eigenvalue weighted by atomic mass is 16.3. The van der Waals surface area contributed by atoms with Crippen LogP contribution in [0.3, 0.4) is 0 Å². The number of hydrogen-bond acceptors (Lipinski definition) is 2. The summed E-state index contributed by atoms with van der Waals surface area (Å²) in [6, 6.07) is 4.15. The number of nitrogens with two attached hydrogens (primary N) is 1. The van der Waals surface area contributed by atoms with E-state index in [0.717, 1.165) is 37.3 Å². The van der Waals surface area contributed by atoms with Crippen molar-refractivity contribution in [1.82, 2.24) is 0 Å². The Labute approximate surface area is 80.1 Å². The molecule has 0 saturated heterocycles. The average molecular weight is 181 g/mol. The lowest BCUT2D eigenvalue weighted by molar-refractivity contribution is 0.460. The Morgan fingerprint density at radius 2 is 1.92 bits per heavy atom. The van der Waals surface area contributed by atoms with E-state index in [-0.39, 0.29) is 0 Å². The quantitative estimate of drug-likeness (QED) is 0.685. The van der Waals surface area contributed by atoms with Gasteiger partial charge in [0.1, 0.15) is 11.5 Å². The maximum absolute atomic E-state index is 5.58. The molecule has 1 aromatic heterocycles. The van der Waals surface area contributed by atoms with Gasteiger partial charge in [0.15, 0.2) is 0 Å². The molecule has 2 N–H and O–H groups in total. The number of furan rings is 1. The first-order valence-corrected chi connectivity index (χ1v) is 5.14. The van der Waals surface area contributed by atoms with Gasteiger partial charge >= 0.3 is 0 Å². The number of rotatable bonds is 6. The van der Waals surface area contributed by atoms with Gasteiger partial charge in [-0.25, -0.2) is 0 Å². The molecule has 0 fully saturated rings. The fourth-order valence-electron chi connectivity index (χ4n) is 1.37. The molecule has 2 heteroatoms. The average Bonchev–Trinajstić information content (AvgIpc) is 2.60. The minimum atomic E-state index is 0.804. The van der Waals surface area contributed by atoms with Crippen molar-refractivity contribution in [1.29, 1.82) is 0 Å². The largest absolute Gasteiger partial charge is 0.466 e. The van der Waals surface area contributed by atoms with E-state index in [2.05, 4.69) is 19.1 Å². The van der Waals surface area contributed by atoms with Crippen LogP contribution >= 0.6 is 0 Å². The first-order valence-electron chi connectivity index (χ1n) is 5.14. The number of aryl methyl sites for hydroxylation is 2. The summed E-state index contributed by atoms with van der Waals surface area (Å²) in [5.74, 6) is 2.21. The van der Waals surface area contributed by atoms with Gasteiger partial charge in [0.25, 0.3) is 0 Å². The van der Waals surface area contributed by atoms with Gasteiger partial charge in [0.05, 0.1) is 0 Å². The third-order valence-electron chi connectivity index (χ3n) is 2.19. The van der Waals surface area contributed by atoms with Crippen molar-refractivity contribution < 1.29 is 4.42 Å². The maximum atomic E-state index is 5.58. The fourth-order valence-corrected chi connectivity index (χ4v) is 1.37. The number of hydrogen-bond donors (Lipinski definition) is 1. The summed E-state index contributed by atoms with van der Waals surface area (Å²) in [6.45, 7) is 2.91. The van der Waals surface area contributed by atoms with Crippen LogP contribution in [0.1, 0.15) is 37.7 Å². The van der Waals surface area contributed by atoms with Gasteiger partial charge in [-0.3, -0.25) is 0 Å². The maximum Gasteiger partial charge on any atom is 0.104 e. The zero-order chi connectivity index (χ0) is 9.52. The zero-order valence-corrected chi connectivity index (χ0v) is 8.38. The Morgan fingerprint density at radius 1 is 1.15 bits per heavy atom. The second-order valence-electron chi connectivity index (χ2n) is 3.32. The van der Waals surface area contributed by atoms with Crippen molar-refractivity contribution >= 4 is 0 Å². The molecule has 0 aliphatic rings. The Hall–Kier alpha value is -0.760. The molecule has 74 valence electrons. The Balaban J connectivity index is 2.20. The zero-order valence-electron chi connectivity index (χ0n) is 8.38. The van der Waals surface area contributed by atoms with Gasteiger partial charge < -0.3 is 10.2 Å². The molecule has 0 aliphatic carbocycles. The van der Waals surface area contributed by atoms with Gasteiger partial charge in [0, 0.05) is 12.8 Å². The van der Waals surface area contributed by atoms with Crippen molar-refractivity contribution in [2.75, 3.05) is 6.54 Å². The first-order chi connectivity index (χ1) is 6.36. The predicted molar refractivity (Wildman–Crippen MR) is 54.7 cm³/mol. The molecule has 2 nitrogen and oxygen atoms in total. The van der Waals surface area contributed by atoms with Gasteiger partial charge in [-0.2, -0.15) is 0 Å². The van der Waals surface area contributed by atoms with E-state index in [9.17, 15) is 0 Å². The van der Waals surface area contributed by atoms with Crippen molar-refractivity contribution in [3.63, 3.8) is 0 Å². The van der Waals surface area contributed by atoms with Crippen molar-refractivity contribution in [3.05, 3.63) is 23.7 Å². The lowest BCUT2D eigenvalue weighted by atomic mass is 10.1. The van der Waals surface area contributed by atoms with E-state index in [1.807, 2.05) is 0 Å². The van der Waals surface area contributed by atoms with Crippen LogP contribution in [0.5, 0.6) is 0 Å². The van der Waals surface area contributed by atoms with E-state index in [4.69, 9.17) is 10.2 Å². The highest BCUT2D eigenvalue weighted by Crippen LogP contribution is 2.11. The summed E-state index contributed by atoms with van der Waals surface area (Å²) in [4.78, 5) is 0. The molecule has 0 amide bonds. The molecule has 0 saturated carbocycles. The van der Waals surface area contributed by atoms with E-state index >= 15 is 0 Å². The van der Waals surface area contributed by atoms with Crippen molar-refractivity contribution in [3.8, 4) is 0 Å². The highest BCUT2D eigenvalue weighted by Gasteiger charge is 1.99. The van der Waals surface area contributed by atoms with E-state index in [0.29, 0.717) is 0 Å². The molecular formula is C11H19NO. The minimum Gasteiger partial charge on any atom is -0.466 e. The second-order valence-corrected chi connectivity index (χ2v) is 3.32. The lowest BCUT2D eigenvalue weighted by Gasteiger charge is -1.96. The molecule has 0 radical (unpaired) electrons. The normalized spacial score (nSPS) is 10.6.